The van der Waals surface area contributed by atoms with Gasteiger partial charge in [0.15, 0.2) is 0 Å². The lowest BCUT2D eigenvalue weighted by atomic mass is 10.0. The molecule has 0 saturated heterocycles. The number of pyridine rings is 2. The predicted molar refractivity (Wildman–Crippen MR) is 93.9 cm³/mol. The number of nitrogens with zero attached hydrogens (tertiary/aromatic N) is 2. The molecule has 4 rings (SSSR count). The summed E-state index contributed by atoms with van der Waals surface area (Å²) in [6.45, 7) is 0. The monoisotopic (exact) mass is 360 g/mol. The van der Waals surface area contributed by atoms with Crippen molar-refractivity contribution < 1.29 is 8.78 Å². The number of benzene rings is 1. The quantitative estimate of drug-likeness (QED) is 0.595. The summed E-state index contributed by atoms with van der Waals surface area (Å²) in [7, 11) is 0. The zero-order valence-corrected chi connectivity index (χ0v) is 14.1. The Kier molecular flexibility index (Phi) is 4.04. The van der Waals surface area contributed by atoms with Gasteiger partial charge in [-0.3, -0.25) is 4.79 Å². The first-order valence-electron chi connectivity index (χ1n) is 8.21. The highest BCUT2D eigenvalue weighted by Gasteiger charge is 2.24. The maximum Gasteiger partial charge on any atom is 0.259 e. The molecule has 0 spiro atoms. The van der Waals surface area contributed by atoms with Crippen molar-refractivity contribution in [3.8, 4) is 11.1 Å². The van der Waals surface area contributed by atoms with Gasteiger partial charge in [-0.25, -0.2) is 13.8 Å². The SMILES string of the molecule is O=c1c(-c2c(F)cccc2F)cc2cnc(Cl)cc2n1C1CCCC1. The molecule has 1 aliphatic rings. The lowest BCUT2D eigenvalue weighted by Gasteiger charge is -2.19. The van der Waals surface area contributed by atoms with Gasteiger partial charge in [-0.2, -0.15) is 0 Å². The van der Waals surface area contributed by atoms with E-state index < -0.39 is 17.2 Å². The molecule has 25 heavy (non-hydrogen) atoms. The molecule has 2 heterocycles. The molecule has 3 nitrogen and oxygen atoms in total. The van der Waals surface area contributed by atoms with E-state index in [2.05, 4.69) is 4.98 Å². The zero-order valence-electron chi connectivity index (χ0n) is 13.3. The van der Waals surface area contributed by atoms with E-state index in [-0.39, 0.29) is 22.3 Å². The Morgan fingerprint density at radius 2 is 1.80 bits per heavy atom. The number of halogens is 3. The Labute approximate surface area is 147 Å². The maximum atomic E-state index is 14.3. The Bertz CT molecular complexity index is 1010. The van der Waals surface area contributed by atoms with Crippen LogP contribution in [0.2, 0.25) is 5.15 Å². The molecular weight excluding hydrogens is 346 g/mol. The minimum atomic E-state index is -0.753. The standard InChI is InChI=1S/C19H15ClF2N2O/c20-17-9-16-11(10-23-17)8-13(18-14(21)6-3-7-15(18)22)19(25)24(16)12-4-1-2-5-12/h3,6-10,12H,1-2,4-5H2. The van der Waals surface area contributed by atoms with E-state index in [4.69, 9.17) is 11.6 Å². The van der Waals surface area contributed by atoms with Crippen molar-refractivity contribution in [1.29, 1.82) is 0 Å². The van der Waals surface area contributed by atoms with Crippen LogP contribution in [0, 0.1) is 11.6 Å². The van der Waals surface area contributed by atoms with Crippen LogP contribution in [0.3, 0.4) is 0 Å². The van der Waals surface area contributed by atoms with E-state index in [1.54, 1.807) is 10.6 Å². The Hall–Kier alpha value is -2.27. The summed E-state index contributed by atoms with van der Waals surface area (Å²) in [5.41, 5.74) is -0.0294. The van der Waals surface area contributed by atoms with Gasteiger partial charge in [-0.15, -0.1) is 0 Å². The van der Waals surface area contributed by atoms with E-state index in [1.807, 2.05) is 0 Å². The third kappa shape index (κ3) is 2.72. The molecule has 0 unspecified atom stereocenters. The largest absolute Gasteiger partial charge is 0.305 e. The molecule has 0 radical (unpaired) electrons. The molecule has 0 atom stereocenters. The highest BCUT2D eigenvalue weighted by atomic mass is 35.5. The summed E-state index contributed by atoms with van der Waals surface area (Å²) < 4.78 is 30.2. The Morgan fingerprint density at radius 1 is 1.12 bits per heavy atom. The van der Waals surface area contributed by atoms with Crippen LogP contribution in [-0.4, -0.2) is 9.55 Å². The minimum absolute atomic E-state index is 0.00301. The topological polar surface area (TPSA) is 34.9 Å². The van der Waals surface area contributed by atoms with Crippen LogP contribution in [0.5, 0.6) is 0 Å². The number of rotatable bonds is 2. The second-order valence-electron chi connectivity index (χ2n) is 6.33. The van der Waals surface area contributed by atoms with Crippen molar-refractivity contribution in [2.75, 3.05) is 0 Å². The average Bonchev–Trinajstić information content (AvgIpc) is 3.09. The third-order valence-electron chi connectivity index (χ3n) is 4.81. The van der Waals surface area contributed by atoms with Gasteiger partial charge in [0.2, 0.25) is 0 Å². The average molecular weight is 361 g/mol. The van der Waals surface area contributed by atoms with Gasteiger partial charge in [0.05, 0.1) is 16.6 Å². The number of hydrogen-bond donors (Lipinski definition) is 0. The highest BCUT2D eigenvalue weighted by Crippen LogP contribution is 2.33. The van der Waals surface area contributed by atoms with E-state index in [1.165, 1.54) is 18.3 Å². The fourth-order valence-electron chi connectivity index (χ4n) is 3.67. The maximum absolute atomic E-state index is 14.3. The second kappa shape index (κ2) is 6.23. The van der Waals surface area contributed by atoms with Crippen LogP contribution in [0.1, 0.15) is 31.7 Å². The molecular formula is C19H15ClF2N2O. The van der Waals surface area contributed by atoms with Gasteiger partial charge in [0.1, 0.15) is 16.8 Å². The fourth-order valence-corrected chi connectivity index (χ4v) is 3.82. The molecule has 3 aromatic rings. The molecule has 6 heteroatoms. The Balaban J connectivity index is 2.09. The van der Waals surface area contributed by atoms with Crippen molar-refractivity contribution in [2.24, 2.45) is 0 Å². The van der Waals surface area contributed by atoms with Crippen molar-refractivity contribution in [2.45, 2.75) is 31.7 Å². The molecule has 1 aromatic carbocycles. The van der Waals surface area contributed by atoms with Gasteiger partial charge in [0, 0.05) is 17.6 Å². The zero-order chi connectivity index (χ0) is 17.6. The molecule has 1 fully saturated rings. The van der Waals surface area contributed by atoms with Crippen LogP contribution in [-0.2, 0) is 0 Å². The first-order valence-corrected chi connectivity index (χ1v) is 8.59. The number of hydrogen-bond acceptors (Lipinski definition) is 2. The minimum Gasteiger partial charge on any atom is -0.305 e. The molecule has 128 valence electrons. The molecule has 0 aliphatic heterocycles. The summed E-state index contributed by atoms with van der Waals surface area (Å²) in [5, 5.41) is 0.914. The van der Waals surface area contributed by atoms with Crippen molar-refractivity contribution in [3.05, 3.63) is 63.7 Å². The van der Waals surface area contributed by atoms with Crippen LogP contribution in [0.25, 0.3) is 22.0 Å². The van der Waals surface area contributed by atoms with Gasteiger partial charge in [0.25, 0.3) is 5.56 Å². The fraction of sp³-hybridized carbons (Fsp3) is 0.263. The van der Waals surface area contributed by atoms with Crippen molar-refractivity contribution in [1.82, 2.24) is 9.55 Å². The van der Waals surface area contributed by atoms with Crippen molar-refractivity contribution >= 4 is 22.5 Å². The van der Waals surface area contributed by atoms with Gasteiger partial charge >= 0.3 is 0 Å². The first-order chi connectivity index (χ1) is 12.1. The number of aromatic nitrogens is 2. The summed E-state index contributed by atoms with van der Waals surface area (Å²) in [5.74, 6) is -1.51. The van der Waals surface area contributed by atoms with Crippen LogP contribution >= 0.6 is 11.6 Å². The van der Waals surface area contributed by atoms with Gasteiger partial charge < -0.3 is 4.57 Å². The van der Waals surface area contributed by atoms with Crippen LogP contribution in [0.15, 0.2) is 41.3 Å². The summed E-state index contributed by atoms with van der Waals surface area (Å²) in [6.07, 6.45) is 5.30. The molecule has 0 amide bonds. The molecule has 0 N–H and O–H groups in total. The normalized spacial score (nSPS) is 15.2. The lowest BCUT2D eigenvalue weighted by Crippen LogP contribution is -2.26. The number of fused-ring (bicyclic) bond motifs is 1. The smallest absolute Gasteiger partial charge is 0.259 e. The van der Waals surface area contributed by atoms with E-state index in [0.717, 1.165) is 37.8 Å². The van der Waals surface area contributed by atoms with Crippen LogP contribution < -0.4 is 5.56 Å². The summed E-state index contributed by atoms with van der Waals surface area (Å²) in [4.78, 5) is 17.2. The molecule has 0 bridgehead atoms. The molecule has 1 aliphatic carbocycles. The predicted octanol–water partition coefficient (Wildman–Crippen LogP) is 5.11. The third-order valence-corrected chi connectivity index (χ3v) is 5.02. The van der Waals surface area contributed by atoms with Crippen molar-refractivity contribution in [3.63, 3.8) is 0 Å². The molecule has 2 aromatic heterocycles. The van der Waals surface area contributed by atoms with E-state index in [0.29, 0.717) is 10.9 Å². The molecule has 1 saturated carbocycles. The van der Waals surface area contributed by atoms with Gasteiger partial charge in [-0.1, -0.05) is 30.5 Å². The highest BCUT2D eigenvalue weighted by molar-refractivity contribution is 6.30. The summed E-state index contributed by atoms with van der Waals surface area (Å²) >= 11 is 6.01. The van der Waals surface area contributed by atoms with Crippen LogP contribution in [0.4, 0.5) is 8.78 Å². The first kappa shape index (κ1) is 16.2. The lowest BCUT2D eigenvalue weighted by molar-refractivity contribution is 0.519. The van der Waals surface area contributed by atoms with E-state index in [9.17, 15) is 13.6 Å². The van der Waals surface area contributed by atoms with E-state index >= 15 is 0 Å². The Morgan fingerprint density at radius 3 is 2.48 bits per heavy atom. The summed E-state index contributed by atoms with van der Waals surface area (Å²) in [6, 6.07) is 6.73. The second-order valence-corrected chi connectivity index (χ2v) is 6.72. The van der Waals surface area contributed by atoms with Gasteiger partial charge in [-0.05, 0) is 37.1 Å².